The van der Waals surface area contributed by atoms with E-state index in [0.717, 1.165) is 22.8 Å². The molecule has 0 aliphatic carbocycles. The molecule has 5 aromatic rings. The number of hydrogen-bond acceptors (Lipinski definition) is 4. The molecule has 0 saturated carbocycles. The number of para-hydroxylation sites is 2. The lowest BCUT2D eigenvalue weighted by Crippen LogP contribution is -2.46. The molecule has 37 heavy (non-hydrogen) atoms. The molecule has 2 heterocycles. The van der Waals surface area contributed by atoms with Crippen LogP contribution in [0.1, 0.15) is 29.9 Å². The van der Waals surface area contributed by atoms with Gasteiger partial charge in [-0.15, -0.1) is 0 Å². The van der Waals surface area contributed by atoms with Crippen molar-refractivity contribution in [2.75, 3.05) is 18.5 Å². The van der Waals surface area contributed by atoms with Gasteiger partial charge in [0.1, 0.15) is 24.2 Å². The predicted octanol–water partition coefficient (Wildman–Crippen LogP) is 5.25. The van der Waals surface area contributed by atoms with Crippen molar-refractivity contribution >= 4 is 33.4 Å². The maximum atomic E-state index is 12.6. The normalized spacial score (nSPS) is 12.6. The first-order valence-corrected chi connectivity index (χ1v) is 12.5. The van der Waals surface area contributed by atoms with Crippen LogP contribution in [0.4, 0.5) is 5.69 Å². The average molecular weight is 497 g/mol. The number of carbonyl (C=O) groups excluding carboxylic acids is 1. The van der Waals surface area contributed by atoms with Crippen LogP contribution in [0.3, 0.4) is 0 Å². The molecule has 0 saturated heterocycles. The van der Waals surface area contributed by atoms with Gasteiger partial charge in [-0.25, -0.2) is 0 Å². The molecule has 190 valence electrons. The topological polar surface area (TPSA) is 102 Å². The van der Waals surface area contributed by atoms with E-state index < -0.39 is 6.10 Å². The quantitative estimate of drug-likeness (QED) is 0.182. The second kappa shape index (κ2) is 10.5. The van der Waals surface area contributed by atoms with Crippen LogP contribution in [-0.4, -0.2) is 45.8 Å². The molecule has 5 rings (SSSR count). The van der Waals surface area contributed by atoms with Gasteiger partial charge in [-0.3, -0.25) is 4.79 Å². The molecule has 0 radical (unpaired) electrons. The van der Waals surface area contributed by atoms with Gasteiger partial charge in [-0.1, -0.05) is 36.4 Å². The predicted molar refractivity (Wildman–Crippen MR) is 148 cm³/mol. The number of aliphatic hydroxyl groups excluding tert-OH is 1. The standard InChI is InChI=1S/C30H32N4O3/c1-30(2,16-21-17-31-27-10-6-4-8-25(21)27)32-18-23(35)19-37-24-13-11-22(12-14-24)33-29(36)28-15-20-7-3-5-9-26(20)34-28/h3-15,17,23,31-32,34-35H,16,18-19H2,1-2H3,(H,33,36). The van der Waals surface area contributed by atoms with Gasteiger partial charge in [-0.2, -0.15) is 0 Å². The van der Waals surface area contributed by atoms with Crippen LogP contribution in [0.25, 0.3) is 21.8 Å². The minimum atomic E-state index is -0.663. The Morgan fingerprint density at radius 3 is 2.51 bits per heavy atom. The number of aromatic nitrogens is 2. The largest absolute Gasteiger partial charge is 0.491 e. The number of amides is 1. The van der Waals surface area contributed by atoms with Gasteiger partial charge < -0.3 is 30.4 Å². The van der Waals surface area contributed by atoms with Crippen molar-refractivity contribution < 1.29 is 14.6 Å². The lowest BCUT2D eigenvalue weighted by atomic mass is 9.94. The zero-order valence-electron chi connectivity index (χ0n) is 21.0. The molecule has 0 fully saturated rings. The third-order valence-corrected chi connectivity index (χ3v) is 6.45. The first kappa shape index (κ1) is 24.6. The van der Waals surface area contributed by atoms with Crippen molar-refractivity contribution in [2.45, 2.75) is 31.9 Å². The van der Waals surface area contributed by atoms with E-state index in [4.69, 9.17) is 4.74 Å². The van der Waals surface area contributed by atoms with Gasteiger partial charge in [0.15, 0.2) is 0 Å². The van der Waals surface area contributed by atoms with E-state index in [-0.39, 0.29) is 18.1 Å². The van der Waals surface area contributed by atoms with E-state index in [2.05, 4.69) is 52.8 Å². The van der Waals surface area contributed by atoms with E-state index in [1.54, 1.807) is 24.3 Å². The van der Waals surface area contributed by atoms with Crippen molar-refractivity contribution in [2.24, 2.45) is 0 Å². The van der Waals surface area contributed by atoms with E-state index in [0.29, 0.717) is 23.7 Å². The minimum Gasteiger partial charge on any atom is -0.491 e. The zero-order chi connectivity index (χ0) is 25.8. The van der Waals surface area contributed by atoms with Crippen molar-refractivity contribution in [3.05, 3.63) is 96.3 Å². The molecule has 3 aromatic carbocycles. The summed E-state index contributed by atoms with van der Waals surface area (Å²) in [5.41, 5.74) is 4.27. The van der Waals surface area contributed by atoms with E-state index >= 15 is 0 Å². The Morgan fingerprint density at radius 1 is 1.00 bits per heavy atom. The van der Waals surface area contributed by atoms with Gasteiger partial charge in [0.2, 0.25) is 0 Å². The number of ether oxygens (including phenoxy) is 1. The molecule has 1 amide bonds. The molecule has 7 heteroatoms. The molecule has 1 atom stereocenters. The zero-order valence-corrected chi connectivity index (χ0v) is 21.0. The smallest absolute Gasteiger partial charge is 0.272 e. The molecule has 2 aromatic heterocycles. The fourth-order valence-electron chi connectivity index (χ4n) is 4.49. The monoisotopic (exact) mass is 496 g/mol. The van der Waals surface area contributed by atoms with Gasteiger partial charge in [0, 0.05) is 45.8 Å². The summed E-state index contributed by atoms with van der Waals surface area (Å²) in [4.78, 5) is 19.0. The summed E-state index contributed by atoms with van der Waals surface area (Å²) in [7, 11) is 0. The van der Waals surface area contributed by atoms with Gasteiger partial charge in [0.25, 0.3) is 5.91 Å². The number of nitrogens with one attached hydrogen (secondary N) is 4. The summed E-state index contributed by atoms with van der Waals surface area (Å²) >= 11 is 0. The number of carbonyl (C=O) groups is 1. The van der Waals surface area contributed by atoms with Crippen molar-refractivity contribution in [1.82, 2.24) is 15.3 Å². The Bertz CT molecular complexity index is 1470. The highest BCUT2D eigenvalue weighted by atomic mass is 16.5. The number of aliphatic hydroxyl groups is 1. The van der Waals surface area contributed by atoms with Crippen LogP contribution in [0, 0.1) is 0 Å². The Balaban J connectivity index is 1.08. The summed E-state index contributed by atoms with van der Waals surface area (Å²) in [5.74, 6) is 0.419. The molecule has 0 aliphatic heterocycles. The fraction of sp³-hybridized carbons (Fsp3) is 0.233. The number of anilines is 1. The summed E-state index contributed by atoms with van der Waals surface area (Å²) < 4.78 is 5.77. The number of aromatic amines is 2. The number of H-pyrrole nitrogens is 2. The molecule has 7 nitrogen and oxygen atoms in total. The third-order valence-electron chi connectivity index (χ3n) is 6.45. The number of β-amino-alcohol motifs (C(OH)–C–C–N with tert-alkyl or cyclic N) is 1. The number of rotatable bonds is 10. The van der Waals surface area contributed by atoms with Crippen molar-refractivity contribution in [1.29, 1.82) is 0 Å². The molecule has 5 N–H and O–H groups in total. The maximum Gasteiger partial charge on any atom is 0.272 e. The van der Waals surface area contributed by atoms with Crippen LogP contribution >= 0.6 is 0 Å². The van der Waals surface area contributed by atoms with Gasteiger partial charge >= 0.3 is 0 Å². The molecular weight excluding hydrogens is 464 g/mol. The summed E-state index contributed by atoms with van der Waals surface area (Å²) in [6, 6.07) is 25.0. The summed E-state index contributed by atoms with van der Waals surface area (Å²) in [5, 5.41) is 19.0. The van der Waals surface area contributed by atoms with Crippen LogP contribution in [0.2, 0.25) is 0 Å². The van der Waals surface area contributed by atoms with Crippen LogP contribution in [0.15, 0.2) is 85.1 Å². The van der Waals surface area contributed by atoms with Crippen molar-refractivity contribution in [3.8, 4) is 5.75 Å². The Labute approximate surface area is 215 Å². The Kier molecular flexibility index (Phi) is 6.99. The SMILES string of the molecule is CC(C)(Cc1c[nH]c2ccccc12)NCC(O)COc1ccc(NC(=O)c2cc3ccccc3[nH]2)cc1. The first-order valence-electron chi connectivity index (χ1n) is 12.5. The van der Waals surface area contributed by atoms with E-state index in [1.165, 1.54) is 10.9 Å². The molecule has 0 bridgehead atoms. The summed E-state index contributed by atoms with van der Waals surface area (Å²) in [6.07, 6.45) is 2.22. The summed E-state index contributed by atoms with van der Waals surface area (Å²) in [6.45, 7) is 4.83. The van der Waals surface area contributed by atoms with E-state index in [1.807, 2.05) is 42.5 Å². The highest BCUT2D eigenvalue weighted by Crippen LogP contribution is 2.23. The number of fused-ring (bicyclic) bond motifs is 2. The Morgan fingerprint density at radius 2 is 1.73 bits per heavy atom. The first-order chi connectivity index (χ1) is 17.9. The van der Waals surface area contributed by atoms with Gasteiger partial charge in [0.05, 0.1) is 0 Å². The maximum absolute atomic E-state index is 12.6. The Hall–Kier alpha value is -4.07. The minimum absolute atomic E-state index is 0.164. The molecular formula is C30H32N4O3. The molecule has 0 aliphatic rings. The highest BCUT2D eigenvalue weighted by molar-refractivity contribution is 6.05. The number of hydrogen-bond donors (Lipinski definition) is 5. The highest BCUT2D eigenvalue weighted by Gasteiger charge is 2.21. The third kappa shape index (κ3) is 6.02. The van der Waals surface area contributed by atoms with Crippen molar-refractivity contribution in [3.63, 3.8) is 0 Å². The van der Waals surface area contributed by atoms with Crippen LogP contribution in [0.5, 0.6) is 5.75 Å². The number of benzene rings is 3. The fourth-order valence-corrected chi connectivity index (χ4v) is 4.49. The average Bonchev–Trinajstić information content (AvgIpc) is 3.51. The van der Waals surface area contributed by atoms with Gasteiger partial charge in [-0.05, 0) is 68.3 Å². The lowest BCUT2D eigenvalue weighted by Gasteiger charge is -2.28. The molecule has 1 unspecified atom stereocenters. The second-order valence-electron chi connectivity index (χ2n) is 10.0. The van der Waals surface area contributed by atoms with Crippen LogP contribution in [-0.2, 0) is 6.42 Å². The van der Waals surface area contributed by atoms with Crippen LogP contribution < -0.4 is 15.4 Å². The lowest BCUT2D eigenvalue weighted by molar-refractivity contribution is 0.0989. The second-order valence-corrected chi connectivity index (χ2v) is 10.0. The van der Waals surface area contributed by atoms with E-state index in [9.17, 15) is 9.90 Å². The molecule has 0 spiro atoms.